The third-order valence-electron chi connectivity index (χ3n) is 6.64. The zero-order valence-electron chi connectivity index (χ0n) is 21.6. The number of esters is 1. The Balaban J connectivity index is 1.33. The number of nitrogens with zero attached hydrogens (tertiary/aromatic N) is 4. The molecule has 2 bridgehead atoms. The second-order valence-electron chi connectivity index (χ2n) is 10.6. The molecule has 208 valence electrons. The van der Waals surface area contributed by atoms with Crippen molar-refractivity contribution in [1.82, 2.24) is 14.9 Å². The van der Waals surface area contributed by atoms with Gasteiger partial charge in [-0.2, -0.15) is 4.98 Å². The Morgan fingerprint density at radius 2 is 1.80 bits per heavy atom. The van der Waals surface area contributed by atoms with Gasteiger partial charge in [0, 0.05) is 29.7 Å². The van der Waals surface area contributed by atoms with Crippen molar-refractivity contribution in [3.05, 3.63) is 56.5 Å². The fraction of sp³-hybridized carbons (Fsp3) is 0.333. The number of thiazole rings is 1. The molecule has 0 radical (unpaired) electrons. The fourth-order valence-electron chi connectivity index (χ4n) is 4.97. The zero-order valence-corrected chi connectivity index (χ0v) is 24.7. The maximum Gasteiger partial charge on any atom is 0.410 e. The molecule has 7 rings (SSSR count). The number of hydrogen-bond acceptors (Lipinski definition) is 9. The van der Waals surface area contributed by atoms with Crippen molar-refractivity contribution in [1.29, 1.82) is 0 Å². The Kier molecular flexibility index (Phi) is 6.85. The predicted molar refractivity (Wildman–Crippen MR) is 154 cm³/mol. The molecule has 3 aliphatic rings. The minimum Gasteiger partial charge on any atom is -0.444 e. The molecule has 9 nitrogen and oxygen atoms in total. The first-order chi connectivity index (χ1) is 19.0. The molecule has 2 aromatic carbocycles. The van der Waals surface area contributed by atoms with E-state index in [1.807, 2.05) is 31.1 Å². The van der Waals surface area contributed by atoms with Crippen LogP contribution in [0.25, 0.3) is 21.7 Å². The lowest BCUT2D eigenvalue weighted by atomic mass is 9.88. The Morgan fingerprint density at radius 3 is 2.42 bits per heavy atom. The Bertz CT molecular complexity index is 1600. The third-order valence-corrected chi connectivity index (χ3v) is 8.23. The first-order valence-electron chi connectivity index (χ1n) is 12.4. The van der Waals surface area contributed by atoms with Gasteiger partial charge in [-0.15, -0.1) is 11.3 Å². The third kappa shape index (κ3) is 4.98. The molecular weight excluding hydrogens is 599 g/mol. The van der Waals surface area contributed by atoms with Crippen LogP contribution in [-0.4, -0.2) is 57.7 Å². The molecule has 13 heteroatoms. The monoisotopic (exact) mass is 620 g/mol. The summed E-state index contributed by atoms with van der Waals surface area (Å²) in [6.45, 7) is 6.59. The van der Waals surface area contributed by atoms with Crippen LogP contribution in [0.5, 0.6) is 5.75 Å². The maximum absolute atomic E-state index is 13.4. The molecule has 0 N–H and O–H groups in total. The lowest BCUT2D eigenvalue weighted by molar-refractivity contribution is -0.0386. The summed E-state index contributed by atoms with van der Waals surface area (Å²) in [5.41, 5.74) is 1.01. The van der Waals surface area contributed by atoms with Crippen molar-refractivity contribution in [2.45, 2.75) is 44.9 Å². The molecule has 3 saturated heterocycles. The van der Waals surface area contributed by atoms with Crippen LogP contribution in [0.2, 0.25) is 15.1 Å². The number of anilines is 1. The highest BCUT2D eigenvalue weighted by Gasteiger charge is 2.49. The second-order valence-corrected chi connectivity index (χ2v) is 12.7. The number of carbonyl (C=O) groups is 2. The molecule has 40 heavy (non-hydrogen) atoms. The van der Waals surface area contributed by atoms with E-state index in [1.165, 1.54) is 23.5 Å². The molecule has 0 spiro atoms. The van der Waals surface area contributed by atoms with Gasteiger partial charge < -0.3 is 18.8 Å². The SMILES string of the molecule is CC(C)(C)OC(=O)N1C2CC1CN(c1nc3c(C(=O)Oc4c(Cl)cc(Cl)cc4Cl)ccc(-c4nccs4)c3o1)C2. The van der Waals surface area contributed by atoms with E-state index < -0.39 is 11.6 Å². The Hall–Kier alpha value is -3.05. The highest BCUT2D eigenvalue weighted by atomic mass is 35.5. The number of benzene rings is 2. The number of amides is 1. The summed E-state index contributed by atoms with van der Waals surface area (Å²) in [5.74, 6) is -0.712. The van der Waals surface area contributed by atoms with Gasteiger partial charge >= 0.3 is 12.1 Å². The summed E-state index contributed by atoms with van der Waals surface area (Å²) in [6.07, 6.45) is 2.25. The quantitative estimate of drug-likeness (QED) is 0.173. The molecule has 0 aliphatic carbocycles. The zero-order chi connectivity index (χ0) is 28.3. The molecule has 4 aromatic rings. The standard InChI is InChI=1S/C27H23Cl3N4O5S/c1-27(2,3)39-26(36)34-14-10-15(34)12-33(11-14)25-32-20-16(4-5-17(21(20)38-25)23-31-6-7-40-23)24(35)37-22-18(29)8-13(28)9-19(22)30/h4-9,14-15H,10-12H2,1-3H3. The van der Waals surface area contributed by atoms with Gasteiger partial charge in [-0.3, -0.25) is 4.90 Å². The lowest BCUT2D eigenvalue weighted by Gasteiger charge is -2.55. The van der Waals surface area contributed by atoms with Crippen LogP contribution in [-0.2, 0) is 4.74 Å². The first kappa shape index (κ1) is 27.1. The van der Waals surface area contributed by atoms with Crippen molar-refractivity contribution < 1.29 is 23.5 Å². The van der Waals surface area contributed by atoms with E-state index in [0.29, 0.717) is 45.8 Å². The second kappa shape index (κ2) is 10.1. The van der Waals surface area contributed by atoms with Crippen LogP contribution in [0.1, 0.15) is 37.6 Å². The van der Waals surface area contributed by atoms with Crippen molar-refractivity contribution >= 4 is 75.3 Å². The average Bonchev–Trinajstić information content (AvgIpc) is 3.55. The number of fused-ring (bicyclic) bond motifs is 3. The molecule has 2 aromatic heterocycles. The summed E-state index contributed by atoms with van der Waals surface area (Å²) < 4.78 is 17.5. The number of halogens is 3. The number of oxazole rings is 1. The van der Waals surface area contributed by atoms with Gasteiger partial charge in [0.25, 0.3) is 6.01 Å². The molecule has 1 amide bonds. The number of piperidine rings is 1. The van der Waals surface area contributed by atoms with Gasteiger partial charge in [0.15, 0.2) is 11.3 Å². The topological polar surface area (TPSA) is 98.0 Å². The summed E-state index contributed by atoms with van der Waals surface area (Å²) >= 11 is 19.9. The summed E-state index contributed by atoms with van der Waals surface area (Å²) in [4.78, 5) is 39.0. The summed E-state index contributed by atoms with van der Waals surface area (Å²) in [6, 6.07) is 6.53. The summed E-state index contributed by atoms with van der Waals surface area (Å²) in [5, 5.41) is 3.09. The first-order valence-corrected chi connectivity index (χ1v) is 14.5. The fourth-order valence-corrected chi connectivity index (χ4v) is 6.53. The van der Waals surface area contributed by atoms with E-state index in [2.05, 4.69) is 4.98 Å². The van der Waals surface area contributed by atoms with Crippen molar-refractivity contribution in [3.8, 4) is 16.3 Å². The predicted octanol–water partition coefficient (Wildman–Crippen LogP) is 7.33. The molecule has 3 aliphatic heterocycles. The highest BCUT2D eigenvalue weighted by molar-refractivity contribution is 7.13. The van der Waals surface area contributed by atoms with E-state index in [1.54, 1.807) is 23.2 Å². The van der Waals surface area contributed by atoms with E-state index >= 15 is 0 Å². The van der Waals surface area contributed by atoms with Crippen LogP contribution >= 0.6 is 46.1 Å². The number of carbonyl (C=O) groups excluding carboxylic acids is 2. The lowest BCUT2D eigenvalue weighted by Crippen LogP contribution is -2.70. The van der Waals surface area contributed by atoms with Crippen molar-refractivity contribution in [2.24, 2.45) is 0 Å². The minimum atomic E-state index is -0.709. The Labute approximate surface area is 248 Å². The van der Waals surface area contributed by atoms with Crippen LogP contribution in [0.3, 0.4) is 0 Å². The Morgan fingerprint density at radius 1 is 1.10 bits per heavy atom. The number of rotatable bonds is 4. The number of aromatic nitrogens is 2. The normalized spacial score (nSPS) is 18.6. The molecule has 3 fully saturated rings. The van der Waals surface area contributed by atoms with E-state index in [9.17, 15) is 9.59 Å². The van der Waals surface area contributed by atoms with E-state index in [4.69, 9.17) is 53.7 Å². The number of piperazine rings is 1. The van der Waals surface area contributed by atoms with Crippen LogP contribution in [0.4, 0.5) is 10.8 Å². The smallest absolute Gasteiger partial charge is 0.410 e. The van der Waals surface area contributed by atoms with Crippen LogP contribution < -0.4 is 9.64 Å². The molecule has 0 saturated carbocycles. The number of ether oxygens (including phenoxy) is 2. The van der Waals surface area contributed by atoms with Gasteiger partial charge in [-0.05, 0) is 51.5 Å². The van der Waals surface area contributed by atoms with E-state index in [0.717, 1.165) is 6.42 Å². The minimum absolute atomic E-state index is 0.00282. The van der Waals surface area contributed by atoms with Gasteiger partial charge in [0.2, 0.25) is 0 Å². The number of hydrogen-bond donors (Lipinski definition) is 0. The van der Waals surface area contributed by atoms with Crippen molar-refractivity contribution in [2.75, 3.05) is 18.0 Å². The maximum atomic E-state index is 13.4. The van der Waals surface area contributed by atoms with E-state index in [-0.39, 0.29) is 39.5 Å². The van der Waals surface area contributed by atoms with Crippen LogP contribution in [0.15, 0.2) is 40.3 Å². The molecule has 2 atom stereocenters. The highest BCUT2D eigenvalue weighted by Crippen LogP contribution is 2.40. The van der Waals surface area contributed by atoms with Gasteiger partial charge in [-0.1, -0.05) is 34.8 Å². The van der Waals surface area contributed by atoms with Gasteiger partial charge in [0.1, 0.15) is 16.1 Å². The van der Waals surface area contributed by atoms with Crippen LogP contribution in [0, 0.1) is 0 Å². The summed E-state index contributed by atoms with van der Waals surface area (Å²) in [7, 11) is 0. The largest absolute Gasteiger partial charge is 0.444 e. The average molecular weight is 622 g/mol. The molecule has 5 heterocycles. The van der Waals surface area contributed by atoms with Gasteiger partial charge in [-0.25, -0.2) is 14.6 Å². The van der Waals surface area contributed by atoms with Gasteiger partial charge in [0.05, 0.1) is 33.3 Å². The molecule has 2 unspecified atom stereocenters. The van der Waals surface area contributed by atoms with Crippen molar-refractivity contribution in [3.63, 3.8) is 0 Å². The molecular formula is C27H23Cl3N4O5S.